The Labute approximate surface area is 127 Å². The smallest absolute Gasteiger partial charge is 0.226 e. The van der Waals surface area contributed by atoms with E-state index in [0.717, 1.165) is 11.1 Å². The van der Waals surface area contributed by atoms with Crippen LogP contribution >= 0.6 is 0 Å². The Bertz CT molecular complexity index is 841. The summed E-state index contributed by atoms with van der Waals surface area (Å²) in [5.74, 6) is 6.84. The molecule has 0 aliphatic carbocycles. The fourth-order valence-electron chi connectivity index (χ4n) is 1.93. The van der Waals surface area contributed by atoms with Crippen LogP contribution < -0.4 is 0 Å². The fraction of sp³-hybridized carbons (Fsp3) is 0.111. The van der Waals surface area contributed by atoms with Crippen LogP contribution in [0.1, 0.15) is 23.9 Å². The molecule has 1 heterocycles. The van der Waals surface area contributed by atoms with E-state index in [0.29, 0.717) is 23.7 Å². The van der Waals surface area contributed by atoms with Crippen LogP contribution in [-0.4, -0.2) is 10.1 Å². The molecule has 3 rings (SSSR count). The summed E-state index contributed by atoms with van der Waals surface area (Å²) in [6.07, 6.45) is 0.712. The van der Waals surface area contributed by atoms with Crippen LogP contribution in [0.5, 0.6) is 0 Å². The fourth-order valence-corrected chi connectivity index (χ4v) is 1.93. The summed E-state index contributed by atoms with van der Waals surface area (Å²) in [5, 5.41) is 3.93. The van der Waals surface area contributed by atoms with Gasteiger partial charge >= 0.3 is 0 Å². The number of aromatic nitrogens is 2. The van der Waals surface area contributed by atoms with E-state index in [1.807, 2.05) is 31.2 Å². The molecule has 0 aliphatic rings. The second-order valence-corrected chi connectivity index (χ2v) is 4.70. The van der Waals surface area contributed by atoms with Gasteiger partial charge in [0.05, 0.1) is 0 Å². The lowest BCUT2D eigenvalue weighted by Crippen LogP contribution is -1.83. The Morgan fingerprint density at radius 3 is 2.50 bits per heavy atom. The Morgan fingerprint density at radius 1 is 1.05 bits per heavy atom. The molecular weight excluding hydrogens is 279 g/mol. The Morgan fingerprint density at radius 2 is 1.82 bits per heavy atom. The lowest BCUT2D eigenvalue weighted by molar-refractivity contribution is 0.383. The van der Waals surface area contributed by atoms with Crippen molar-refractivity contribution < 1.29 is 8.91 Å². The molecule has 2 aromatic carbocycles. The monoisotopic (exact) mass is 292 g/mol. The lowest BCUT2D eigenvalue weighted by Gasteiger charge is -1.95. The van der Waals surface area contributed by atoms with Crippen molar-refractivity contribution in [3.8, 4) is 23.2 Å². The Balaban J connectivity index is 1.80. The number of halogens is 1. The van der Waals surface area contributed by atoms with Crippen LogP contribution in [0.15, 0.2) is 53.1 Å². The van der Waals surface area contributed by atoms with Gasteiger partial charge in [0.2, 0.25) is 11.7 Å². The summed E-state index contributed by atoms with van der Waals surface area (Å²) in [4.78, 5) is 4.28. The maximum Gasteiger partial charge on any atom is 0.226 e. The molecule has 0 atom stereocenters. The van der Waals surface area contributed by atoms with E-state index in [4.69, 9.17) is 4.52 Å². The van der Waals surface area contributed by atoms with Crippen LogP contribution in [0.3, 0.4) is 0 Å². The van der Waals surface area contributed by atoms with Gasteiger partial charge in [0.15, 0.2) is 0 Å². The SMILES string of the molecule is CCc1nc(-c2ccc(C#Cc3cccc(F)c3)cc2)no1. The second kappa shape index (κ2) is 6.23. The third-order valence-electron chi connectivity index (χ3n) is 3.09. The first-order chi connectivity index (χ1) is 10.7. The van der Waals surface area contributed by atoms with E-state index < -0.39 is 0 Å². The molecule has 0 saturated carbocycles. The van der Waals surface area contributed by atoms with Gasteiger partial charge in [-0.25, -0.2) is 4.39 Å². The highest BCUT2D eigenvalue weighted by atomic mass is 19.1. The van der Waals surface area contributed by atoms with Crippen LogP contribution in [-0.2, 0) is 6.42 Å². The molecule has 0 spiro atoms. The third kappa shape index (κ3) is 3.21. The van der Waals surface area contributed by atoms with Gasteiger partial charge in [-0.2, -0.15) is 4.98 Å². The number of aryl methyl sites for hydroxylation is 1. The first kappa shape index (κ1) is 14.0. The predicted molar refractivity (Wildman–Crippen MR) is 81.5 cm³/mol. The van der Waals surface area contributed by atoms with E-state index >= 15 is 0 Å². The maximum absolute atomic E-state index is 13.1. The molecule has 4 heteroatoms. The molecule has 0 radical (unpaired) electrons. The summed E-state index contributed by atoms with van der Waals surface area (Å²) >= 11 is 0. The Hall–Kier alpha value is -2.93. The quantitative estimate of drug-likeness (QED) is 0.674. The van der Waals surface area contributed by atoms with Crippen LogP contribution in [0.4, 0.5) is 4.39 Å². The zero-order valence-corrected chi connectivity index (χ0v) is 12.0. The molecular formula is C18H13FN2O. The normalized spacial score (nSPS) is 10.1. The maximum atomic E-state index is 13.1. The summed E-state index contributed by atoms with van der Waals surface area (Å²) < 4.78 is 18.2. The van der Waals surface area contributed by atoms with Gasteiger partial charge in [-0.3, -0.25) is 0 Å². The van der Waals surface area contributed by atoms with Crippen molar-refractivity contribution in [2.45, 2.75) is 13.3 Å². The first-order valence-corrected chi connectivity index (χ1v) is 6.95. The molecule has 1 aromatic heterocycles. The van der Waals surface area contributed by atoms with Crippen molar-refractivity contribution in [3.63, 3.8) is 0 Å². The number of rotatable bonds is 2. The van der Waals surface area contributed by atoms with E-state index in [-0.39, 0.29) is 5.82 Å². The van der Waals surface area contributed by atoms with Gasteiger partial charge in [0.25, 0.3) is 0 Å². The van der Waals surface area contributed by atoms with Crippen molar-refractivity contribution >= 4 is 0 Å². The van der Waals surface area contributed by atoms with Crippen LogP contribution in [0.2, 0.25) is 0 Å². The Kier molecular flexibility index (Phi) is 3.97. The first-order valence-electron chi connectivity index (χ1n) is 6.95. The molecule has 0 N–H and O–H groups in total. The van der Waals surface area contributed by atoms with Gasteiger partial charge in [0.1, 0.15) is 5.82 Å². The van der Waals surface area contributed by atoms with Gasteiger partial charge in [-0.15, -0.1) is 0 Å². The van der Waals surface area contributed by atoms with Crippen molar-refractivity contribution in [2.24, 2.45) is 0 Å². The van der Waals surface area contributed by atoms with Gasteiger partial charge in [-0.05, 0) is 42.5 Å². The predicted octanol–water partition coefficient (Wildman–Crippen LogP) is 3.84. The summed E-state index contributed by atoms with van der Waals surface area (Å²) in [7, 11) is 0. The average molecular weight is 292 g/mol. The average Bonchev–Trinajstić information content (AvgIpc) is 3.03. The van der Waals surface area contributed by atoms with Crippen molar-refractivity contribution in [3.05, 3.63) is 71.4 Å². The lowest BCUT2D eigenvalue weighted by atomic mass is 10.1. The molecule has 22 heavy (non-hydrogen) atoms. The second-order valence-electron chi connectivity index (χ2n) is 4.70. The van der Waals surface area contributed by atoms with Gasteiger partial charge in [-0.1, -0.05) is 30.0 Å². The molecule has 0 fully saturated rings. The molecule has 108 valence electrons. The van der Waals surface area contributed by atoms with E-state index in [2.05, 4.69) is 22.0 Å². The van der Waals surface area contributed by atoms with Crippen molar-refractivity contribution in [2.75, 3.05) is 0 Å². The highest BCUT2D eigenvalue weighted by molar-refractivity contribution is 5.56. The van der Waals surface area contributed by atoms with Crippen molar-refractivity contribution in [1.82, 2.24) is 10.1 Å². The van der Waals surface area contributed by atoms with E-state index in [1.165, 1.54) is 12.1 Å². The molecule has 0 bridgehead atoms. The molecule has 3 aromatic rings. The number of nitrogens with zero attached hydrogens (tertiary/aromatic N) is 2. The zero-order valence-electron chi connectivity index (χ0n) is 12.0. The largest absolute Gasteiger partial charge is 0.339 e. The van der Waals surface area contributed by atoms with Crippen LogP contribution in [0, 0.1) is 17.7 Å². The highest BCUT2D eigenvalue weighted by Crippen LogP contribution is 2.16. The molecule has 0 saturated heterocycles. The van der Waals surface area contributed by atoms with Crippen LogP contribution in [0.25, 0.3) is 11.4 Å². The van der Waals surface area contributed by atoms with E-state index in [9.17, 15) is 4.39 Å². The number of benzene rings is 2. The van der Waals surface area contributed by atoms with Gasteiger partial charge in [0, 0.05) is 23.1 Å². The molecule has 0 amide bonds. The van der Waals surface area contributed by atoms with Crippen molar-refractivity contribution in [1.29, 1.82) is 0 Å². The summed E-state index contributed by atoms with van der Waals surface area (Å²) in [6.45, 7) is 1.96. The highest BCUT2D eigenvalue weighted by Gasteiger charge is 2.06. The van der Waals surface area contributed by atoms with E-state index in [1.54, 1.807) is 12.1 Å². The minimum absolute atomic E-state index is 0.286. The number of hydrogen-bond donors (Lipinski definition) is 0. The summed E-state index contributed by atoms with van der Waals surface area (Å²) in [5.41, 5.74) is 2.36. The third-order valence-corrected chi connectivity index (χ3v) is 3.09. The molecule has 3 nitrogen and oxygen atoms in total. The standard InChI is InChI=1S/C18H13FN2O/c1-2-17-20-18(21-22-17)15-10-8-13(9-11-15)6-7-14-4-3-5-16(19)12-14/h3-5,8-12H,2H2,1H3. The molecule has 0 aliphatic heterocycles. The summed E-state index contributed by atoms with van der Waals surface area (Å²) in [6, 6.07) is 13.8. The topological polar surface area (TPSA) is 38.9 Å². The zero-order chi connectivity index (χ0) is 15.4. The number of hydrogen-bond acceptors (Lipinski definition) is 3. The minimum atomic E-state index is -0.286. The minimum Gasteiger partial charge on any atom is -0.339 e. The molecule has 0 unspecified atom stereocenters. The van der Waals surface area contributed by atoms with Gasteiger partial charge < -0.3 is 4.52 Å².